The Bertz CT molecular complexity index is 985. The molecule has 0 aromatic carbocycles. The van der Waals surface area contributed by atoms with Crippen LogP contribution in [0.3, 0.4) is 0 Å². The Labute approximate surface area is 163 Å². The third-order valence-corrected chi connectivity index (χ3v) is 6.90. The van der Waals surface area contributed by atoms with Crippen molar-refractivity contribution >= 4 is 33.4 Å². The standard InChI is InChI=1S/C17H21ClFN3O4S/c1-16(2,3)27(25)22(4)17(7-26-8-17)13-10(6-23)11-9(15(24)21-13)5-20-14(18)12(11)19/h5,23H,6-8H2,1-4H3,(H,21,24). The minimum Gasteiger partial charge on any atom is -0.392 e. The van der Waals surface area contributed by atoms with Gasteiger partial charge in [-0.15, -0.1) is 0 Å². The van der Waals surface area contributed by atoms with Gasteiger partial charge < -0.3 is 14.8 Å². The van der Waals surface area contributed by atoms with Crippen molar-refractivity contribution in [3.63, 3.8) is 0 Å². The van der Waals surface area contributed by atoms with Crippen LogP contribution in [0.5, 0.6) is 0 Å². The predicted octanol–water partition coefficient (Wildman–Crippen LogP) is 1.83. The molecule has 148 valence electrons. The molecule has 2 aromatic rings. The summed E-state index contributed by atoms with van der Waals surface area (Å²) in [4.78, 5) is 19.0. The Morgan fingerprint density at radius 2 is 2.11 bits per heavy atom. The summed E-state index contributed by atoms with van der Waals surface area (Å²) in [6.45, 7) is 5.22. The summed E-state index contributed by atoms with van der Waals surface area (Å²) in [5, 5.41) is 9.51. The number of ether oxygens (including phenoxy) is 1. The van der Waals surface area contributed by atoms with E-state index in [1.165, 1.54) is 6.20 Å². The lowest BCUT2D eigenvalue weighted by atomic mass is 9.87. The molecule has 1 fully saturated rings. The van der Waals surface area contributed by atoms with E-state index in [4.69, 9.17) is 16.3 Å². The maximum atomic E-state index is 14.7. The third kappa shape index (κ3) is 3.11. The number of aliphatic hydroxyl groups is 1. The van der Waals surface area contributed by atoms with Gasteiger partial charge in [0.1, 0.15) is 16.5 Å². The fourth-order valence-electron chi connectivity index (χ4n) is 3.22. The summed E-state index contributed by atoms with van der Waals surface area (Å²) in [6.07, 6.45) is 1.17. The van der Waals surface area contributed by atoms with E-state index in [2.05, 4.69) is 9.97 Å². The number of aliphatic hydroxyl groups excluding tert-OH is 1. The molecule has 0 aliphatic carbocycles. The Balaban J connectivity index is 2.31. The van der Waals surface area contributed by atoms with Crippen LogP contribution in [0, 0.1) is 5.82 Å². The van der Waals surface area contributed by atoms with Crippen molar-refractivity contribution in [1.29, 1.82) is 0 Å². The van der Waals surface area contributed by atoms with Crippen LogP contribution in [0.2, 0.25) is 5.15 Å². The van der Waals surface area contributed by atoms with E-state index in [1.807, 2.05) is 20.8 Å². The lowest BCUT2D eigenvalue weighted by Gasteiger charge is -2.49. The molecule has 0 saturated carbocycles. The van der Waals surface area contributed by atoms with Crippen LogP contribution in [0.25, 0.3) is 10.8 Å². The lowest BCUT2D eigenvalue weighted by Crippen LogP contribution is -2.61. The molecule has 3 heterocycles. The zero-order valence-corrected chi connectivity index (χ0v) is 17.0. The fraction of sp³-hybridized carbons (Fsp3) is 0.529. The number of rotatable bonds is 4. The van der Waals surface area contributed by atoms with Crippen molar-refractivity contribution in [2.75, 3.05) is 20.3 Å². The largest absolute Gasteiger partial charge is 0.392 e. The topological polar surface area (TPSA) is 95.5 Å². The molecule has 1 saturated heterocycles. The molecular weight excluding hydrogens is 397 g/mol. The molecule has 2 aromatic heterocycles. The molecule has 1 unspecified atom stereocenters. The average molecular weight is 418 g/mol. The van der Waals surface area contributed by atoms with Crippen LogP contribution < -0.4 is 5.56 Å². The van der Waals surface area contributed by atoms with Gasteiger partial charge >= 0.3 is 0 Å². The second-order valence-electron chi connectivity index (χ2n) is 7.50. The number of nitrogens with one attached hydrogen (secondary N) is 1. The first-order valence-corrected chi connectivity index (χ1v) is 9.77. The molecule has 0 amide bonds. The number of fused-ring (bicyclic) bond motifs is 1. The molecule has 7 nitrogen and oxygen atoms in total. The van der Waals surface area contributed by atoms with Crippen LogP contribution in [0.1, 0.15) is 32.0 Å². The quantitative estimate of drug-likeness (QED) is 0.740. The first kappa shape index (κ1) is 20.3. The number of pyridine rings is 2. The van der Waals surface area contributed by atoms with Crippen molar-refractivity contribution in [3.8, 4) is 0 Å². The summed E-state index contributed by atoms with van der Waals surface area (Å²) < 4.78 is 34.1. The summed E-state index contributed by atoms with van der Waals surface area (Å²) >= 11 is 5.79. The van der Waals surface area contributed by atoms with Crippen LogP contribution in [-0.4, -0.2) is 48.6 Å². The van der Waals surface area contributed by atoms with Crippen molar-refractivity contribution in [3.05, 3.63) is 38.8 Å². The van der Waals surface area contributed by atoms with Crippen LogP contribution in [-0.2, 0) is 27.9 Å². The van der Waals surface area contributed by atoms with Crippen LogP contribution in [0.15, 0.2) is 11.0 Å². The second-order valence-corrected chi connectivity index (χ2v) is 10.1. The van der Waals surface area contributed by atoms with Crippen molar-refractivity contribution < 1.29 is 18.4 Å². The first-order valence-electron chi connectivity index (χ1n) is 8.28. The number of aromatic amines is 1. The molecule has 10 heteroatoms. The van der Waals surface area contributed by atoms with Gasteiger partial charge in [0, 0.05) is 24.2 Å². The maximum Gasteiger partial charge on any atom is 0.257 e. The van der Waals surface area contributed by atoms with E-state index < -0.39 is 39.3 Å². The van der Waals surface area contributed by atoms with Crippen LogP contribution >= 0.6 is 11.6 Å². The van der Waals surface area contributed by atoms with Gasteiger partial charge in [0.2, 0.25) is 0 Å². The maximum absolute atomic E-state index is 14.7. The fourth-order valence-corrected chi connectivity index (χ4v) is 4.70. The smallest absolute Gasteiger partial charge is 0.257 e. The summed E-state index contributed by atoms with van der Waals surface area (Å²) in [6, 6.07) is 0. The number of halogens is 2. The van der Waals surface area contributed by atoms with Gasteiger partial charge in [-0.25, -0.2) is 17.9 Å². The Kier molecular flexibility index (Phi) is 5.19. The molecular formula is C17H21ClFN3O4S. The number of H-pyrrole nitrogens is 1. The number of nitrogens with zero attached hydrogens (tertiary/aromatic N) is 2. The third-order valence-electron chi connectivity index (χ3n) is 4.74. The van der Waals surface area contributed by atoms with Gasteiger partial charge in [0.05, 0.1) is 35.6 Å². The Morgan fingerprint density at radius 1 is 1.48 bits per heavy atom. The Hall–Kier alpha value is -1.39. The van der Waals surface area contributed by atoms with Gasteiger partial charge in [-0.1, -0.05) is 11.6 Å². The highest BCUT2D eigenvalue weighted by atomic mass is 35.5. The van der Waals surface area contributed by atoms with E-state index in [0.717, 1.165) is 0 Å². The van der Waals surface area contributed by atoms with Crippen molar-refractivity contribution in [2.45, 2.75) is 37.7 Å². The number of likely N-dealkylation sites (N-methyl/N-ethyl adjacent to an activating group) is 1. The predicted molar refractivity (Wildman–Crippen MR) is 101 cm³/mol. The number of aromatic nitrogens is 2. The van der Waals surface area contributed by atoms with Crippen molar-refractivity contribution in [1.82, 2.24) is 14.3 Å². The van der Waals surface area contributed by atoms with Gasteiger partial charge in [-0.05, 0) is 20.8 Å². The highest BCUT2D eigenvalue weighted by Crippen LogP contribution is 2.40. The monoisotopic (exact) mass is 417 g/mol. The summed E-state index contributed by atoms with van der Waals surface area (Å²) in [7, 11) is 0.213. The van der Waals surface area contributed by atoms with E-state index in [9.17, 15) is 18.5 Å². The molecule has 2 N–H and O–H groups in total. The van der Waals surface area contributed by atoms with Crippen molar-refractivity contribution in [2.24, 2.45) is 0 Å². The van der Waals surface area contributed by atoms with Gasteiger partial charge in [-0.3, -0.25) is 4.79 Å². The molecule has 0 radical (unpaired) electrons. The normalized spacial score (nSPS) is 17.9. The molecule has 27 heavy (non-hydrogen) atoms. The van der Waals surface area contributed by atoms with E-state index >= 15 is 0 Å². The second kappa shape index (κ2) is 6.89. The van der Waals surface area contributed by atoms with Gasteiger partial charge in [-0.2, -0.15) is 0 Å². The van der Waals surface area contributed by atoms with Gasteiger partial charge in [0.25, 0.3) is 5.56 Å². The zero-order valence-electron chi connectivity index (χ0n) is 15.4. The Morgan fingerprint density at radius 3 is 2.59 bits per heavy atom. The molecule has 3 rings (SSSR count). The minimum absolute atomic E-state index is 0.0142. The number of hydrogen-bond donors (Lipinski definition) is 2. The van der Waals surface area contributed by atoms with E-state index in [-0.39, 0.29) is 40.4 Å². The molecule has 0 spiro atoms. The molecule has 1 aliphatic heterocycles. The zero-order chi connectivity index (χ0) is 20.1. The SMILES string of the molecule is CN(S(=O)C(C)(C)C)C1(c2[nH]c(=O)c3cnc(Cl)c(F)c3c2CO)COC1. The highest BCUT2D eigenvalue weighted by Gasteiger charge is 2.50. The summed E-state index contributed by atoms with van der Waals surface area (Å²) in [5.41, 5.74) is -1.09. The van der Waals surface area contributed by atoms with Gasteiger partial charge in [0.15, 0.2) is 11.0 Å². The van der Waals surface area contributed by atoms with E-state index in [0.29, 0.717) is 0 Å². The lowest BCUT2D eigenvalue weighted by molar-refractivity contribution is -0.112. The number of hydrogen-bond acceptors (Lipinski definition) is 5. The summed E-state index contributed by atoms with van der Waals surface area (Å²) in [5.74, 6) is -0.874. The van der Waals surface area contributed by atoms with Crippen LogP contribution in [0.4, 0.5) is 4.39 Å². The average Bonchev–Trinajstić information content (AvgIpc) is 2.56. The minimum atomic E-state index is -1.44. The molecule has 0 bridgehead atoms. The first-order chi connectivity index (χ1) is 12.5. The highest BCUT2D eigenvalue weighted by molar-refractivity contribution is 7.84. The van der Waals surface area contributed by atoms with E-state index in [1.54, 1.807) is 11.4 Å². The molecule has 1 atom stereocenters. The molecule has 1 aliphatic rings.